The van der Waals surface area contributed by atoms with Crippen LogP contribution in [0.4, 0.5) is 4.39 Å². The zero-order valence-corrected chi connectivity index (χ0v) is 12.8. The Balaban J connectivity index is 1.64. The lowest BCUT2D eigenvalue weighted by atomic mass is 10.1. The molecule has 0 saturated carbocycles. The van der Waals surface area contributed by atoms with Gasteiger partial charge in [0.15, 0.2) is 11.5 Å². The highest BCUT2D eigenvalue weighted by Gasteiger charge is 2.14. The average Bonchev–Trinajstić information content (AvgIpc) is 2.81. The van der Waals surface area contributed by atoms with Gasteiger partial charge in [0.1, 0.15) is 5.82 Å². The van der Waals surface area contributed by atoms with E-state index >= 15 is 0 Å². The molecule has 0 aromatic heterocycles. The molecule has 23 heavy (non-hydrogen) atoms. The SMILES string of the molecule is OCc1ccc(CNCc2cccc3c2OCCCO3)cc1F. The number of aliphatic hydroxyl groups excluding tert-OH is 1. The zero-order valence-electron chi connectivity index (χ0n) is 12.8. The zero-order chi connectivity index (χ0) is 16.1. The van der Waals surface area contributed by atoms with Crippen molar-refractivity contribution in [3.05, 3.63) is 58.9 Å². The van der Waals surface area contributed by atoms with Gasteiger partial charge in [0, 0.05) is 30.6 Å². The van der Waals surface area contributed by atoms with Gasteiger partial charge in [0.2, 0.25) is 0 Å². The number of aliphatic hydroxyl groups is 1. The predicted octanol–water partition coefficient (Wildman–Crippen LogP) is 2.77. The van der Waals surface area contributed by atoms with E-state index < -0.39 is 0 Å². The molecule has 0 unspecified atom stereocenters. The van der Waals surface area contributed by atoms with Crippen LogP contribution < -0.4 is 14.8 Å². The van der Waals surface area contributed by atoms with E-state index in [1.165, 1.54) is 6.07 Å². The first-order valence-electron chi connectivity index (χ1n) is 7.74. The Morgan fingerprint density at radius 2 is 1.91 bits per heavy atom. The number of fused-ring (bicyclic) bond motifs is 1. The summed E-state index contributed by atoms with van der Waals surface area (Å²) in [4.78, 5) is 0. The lowest BCUT2D eigenvalue weighted by Crippen LogP contribution is -2.14. The molecule has 2 aromatic rings. The van der Waals surface area contributed by atoms with E-state index in [0.717, 1.165) is 29.0 Å². The van der Waals surface area contributed by atoms with Crippen molar-refractivity contribution in [1.29, 1.82) is 0 Å². The number of hydrogen-bond donors (Lipinski definition) is 2. The Hall–Kier alpha value is -2.11. The van der Waals surface area contributed by atoms with E-state index in [0.29, 0.717) is 31.9 Å². The summed E-state index contributed by atoms with van der Waals surface area (Å²) >= 11 is 0. The summed E-state index contributed by atoms with van der Waals surface area (Å²) in [7, 11) is 0. The van der Waals surface area contributed by atoms with Gasteiger partial charge < -0.3 is 19.9 Å². The van der Waals surface area contributed by atoms with Gasteiger partial charge in [-0.3, -0.25) is 0 Å². The minimum absolute atomic E-state index is 0.285. The summed E-state index contributed by atoms with van der Waals surface area (Å²) in [6, 6.07) is 10.7. The molecule has 0 radical (unpaired) electrons. The summed E-state index contributed by atoms with van der Waals surface area (Å²) in [5.41, 5.74) is 2.17. The van der Waals surface area contributed by atoms with Gasteiger partial charge in [-0.2, -0.15) is 0 Å². The van der Waals surface area contributed by atoms with Crippen molar-refractivity contribution in [2.24, 2.45) is 0 Å². The van der Waals surface area contributed by atoms with Crippen LogP contribution in [0.5, 0.6) is 11.5 Å². The Morgan fingerprint density at radius 1 is 1.04 bits per heavy atom. The summed E-state index contributed by atoms with van der Waals surface area (Å²) in [6.45, 7) is 2.17. The molecule has 0 aliphatic carbocycles. The van der Waals surface area contributed by atoms with Gasteiger partial charge in [-0.25, -0.2) is 4.39 Å². The molecule has 2 aromatic carbocycles. The third-order valence-corrected chi connectivity index (χ3v) is 3.79. The molecule has 122 valence electrons. The van der Waals surface area contributed by atoms with Gasteiger partial charge in [-0.15, -0.1) is 0 Å². The molecule has 3 rings (SSSR count). The molecule has 1 aliphatic rings. The first-order chi connectivity index (χ1) is 11.3. The van der Waals surface area contributed by atoms with Crippen LogP contribution in [0.3, 0.4) is 0 Å². The second kappa shape index (κ2) is 7.44. The van der Waals surface area contributed by atoms with Crippen LogP contribution in [0.2, 0.25) is 0 Å². The van der Waals surface area contributed by atoms with Crippen molar-refractivity contribution in [1.82, 2.24) is 5.32 Å². The van der Waals surface area contributed by atoms with E-state index in [9.17, 15) is 4.39 Å². The Kier molecular flexibility index (Phi) is 5.10. The molecule has 0 spiro atoms. The average molecular weight is 317 g/mol. The Bertz CT molecular complexity index is 675. The van der Waals surface area contributed by atoms with Crippen LogP contribution in [0.15, 0.2) is 36.4 Å². The number of benzene rings is 2. The Labute approximate surface area is 134 Å². The quantitative estimate of drug-likeness (QED) is 0.890. The second-order valence-corrected chi connectivity index (χ2v) is 5.48. The fourth-order valence-corrected chi connectivity index (χ4v) is 2.56. The van der Waals surface area contributed by atoms with Gasteiger partial charge in [0.25, 0.3) is 0 Å². The number of nitrogens with one attached hydrogen (secondary N) is 1. The van der Waals surface area contributed by atoms with Crippen LogP contribution >= 0.6 is 0 Å². The van der Waals surface area contributed by atoms with Crippen molar-refractivity contribution >= 4 is 0 Å². The third-order valence-electron chi connectivity index (χ3n) is 3.79. The summed E-state index contributed by atoms with van der Waals surface area (Å²) in [5.74, 6) is 1.19. The van der Waals surface area contributed by atoms with E-state index in [1.807, 2.05) is 24.3 Å². The number of hydrogen-bond acceptors (Lipinski definition) is 4. The standard InChI is InChI=1S/C18H20FNO3/c19-16-9-13(5-6-15(16)12-21)10-20-11-14-3-1-4-17-18(14)23-8-2-7-22-17/h1,3-6,9,20-21H,2,7-8,10-12H2. The van der Waals surface area contributed by atoms with Crippen molar-refractivity contribution in [2.75, 3.05) is 13.2 Å². The highest BCUT2D eigenvalue weighted by atomic mass is 19.1. The van der Waals surface area contributed by atoms with Crippen LogP contribution in [-0.2, 0) is 19.7 Å². The summed E-state index contributed by atoms with van der Waals surface area (Å²) in [6.07, 6.45) is 0.873. The summed E-state index contributed by atoms with van der Waals surface area (Å²) in [5, 5.41) is 12.3. The molecule has 0 atom stereocenters. The molecule has 2 N–H and O–H groups in total. The van der Waals surface area contributed by atoms with Crippen molar-refractivity contribution in [2.45, 2.75) is 26.1 Å². The Morgan fingerprint density at radius 3 is 2.74 bits per heavy atom. The third kappa shape index (κ3) is 3.81. The highest BCUT2D eigenvalue weighted by Crippen LogP contribution is 2.33. The maximum atomic E-state index is 13.6. The van der Waals surface area contributed by atoms with Gasteiger partial charge >= 0.3 is 0 Å². The smallest absolute Gasteiger partial charge is 0.165 e. The monoisotopic (exact) mass is 317 g/mol. The fraction of sp³-hybridized carbons (Fsp3) is 0.333. The minimum Gasteiger partial charge on any atom is -0.490 e. The topological polar surface area (TPSA) is 50.7 Å². The number of halogens is 1. The largest absolute Gasteiger partial charge is 0.490 e. The first-order valence-corrected chi connectivity index (χ1v) is 7.74. The number of ether oxygens (including phenoxy) is 2. The molecule has 0 fully saturated rings. The van der Waals surface area contributed by atoms with Crippen LogP contribution in [-0.4, -0.2) is 18.3 Å². The van der Waals surface area contributed by atoms with Crippen LogP contribution in [0.25, 0.3) is 0 Å². The molecule has 5 heteroatoms. The molecule has 0 saturated heterocycles. The first kappa shape index (κ1) is 15.8. The molecular formula is C18H20FNO3. The maximum Gasteiger partial charge on any atom is 0.165 e. The van der Waals surface area contributed by atoms with Gasteiger partial charge in [-0.1, -0.05) is 24.3 Å². The normalized spacial score (nSPS) is 13.7. The summed E-state index contributed by atoms with van der Waals surface area (Å²) < 4.78 is 25.1. The van der Waals surface area contributed by atoms with Gasteiger partial charge in [0.05, 0.1) is 19.8 Å². The van der Waals surface area contributed by atoms with E-state index in [1.54, 1.807) is 6.07 Å². The lowest BCUT2D eigenvalue weighted by Gasteiger charge is -2.13. The highest BCUT2D eigenvalue weighted by molar-refractivity contribution is 5.47. The molecular weight excluding hydrogens is 297 g/mol. The van der Waals surface area contributed by atoms with Crippen LogP contribution in [0, 0.1) is 5.82 Å². The minimum atomic E-state index is -0.378. The molecule has 4 nitrogen and oxygen atoms in total. The molecule has 1 heterocycles. The van der Waals surface area contributed by atoms with E-state index in [4.69, 9.17) is 14.6 Å². The maximum absolute atomic E-state index is 13.6. The van der Waals surface area contributed by atoms with Crippen molar-refractivity contribution < 1.29 is 19.0 Å². The fourth-order valence-electron chi connectivity index (χ4n) is 2.56. The molecule has 1 aliphatic heterocycles. The number of rotatable bonds is 5. The van der Waals surface area contributed by atoms with Crippen molar-refractivity contribution in [3.8, 4) is 11.5 Å². The van der Waals surface area contributed by atoms with Crippen LogP contribution in [0.1, 0.15) is 23.1 Å². The number of para-hydroxylation sites is 1. The lowest BCUT2D eigenvalue weighted by molar-refractivity contribution is 0.275. The van der Waals surface area contributed by atoms with Crippen molar-refractivity contribution in [3.63, 3.8) is 0 Å². The predicted molar refractivity (Wildman–Crippen MR) is 84.9 cm³/mol. The molecule has 0 bridgehead atoms. The van der Waals surface area contributed by atoms with E-state index in [2.05, 4.69) is 5.32 Å². The second-order valence-electron chi connectivity index (χ2n) is 5.48. The van der Waals surface area contributed by atoms with E-state index in [-0.39, 0.29) is 12.4 Å². The van der Waals surface area contributed by atoms with Gasteiger partial charge in [-0.05, 0) is 17.7 Å². The molecule has 0 amide bonds.